The SMILES string of the molecule is COCCN(CCCN(C)C)C(=O)c1csc(I)c1. The van der Waals surface area contributed by atoms with E-state index >= 15 is 0 Å². The van der Waals surface area contributed by atoms with Crippen LogP contribution in [0.4, 0.5) is 0 Å². The molecule has 108 valence electrons. The standard InChI is InChI=1S/C13H21IN2O2S/c1-15(2)5-4-6-16(7-8-18-3)13(17)11-9-12(14)19-10-11/h9-10H,4-8H2,1-3H3. The summed E-state index contributed by atoms with van der Waals surface area (Å²) in [6.07, 6.45) is 0.976. The van der Waals surface area contributed by atoms with Gasteiger partial charge in [0.05, 0.1) is 15.1 Å². The van der Waals surface area contributed by atoms with Gasteiger partial charge in [-0.15, -0.1) is 11.3 Å². The molecule has 0 atom stereocenters. The van der Waals surface area contributed by atoms with E-state index in [1.807, 2.05) is 30.4 Å². The summed E-state index contributed by atoms with van der Waals surface area (Å²) in [6, 6.07) is 1.94. The van der Waals surface area contributed by atoms with Crippen molar-refractivity contribution in [2.75, 3.05) is 47.4 Å². The number of ether oxygens (including phenoxy) is 1. The summed E-state index contributed by atoms with van der Waals surface area (Å²) in [5, 5.41) is 1.93. The summed E-state index contributed by atoms with van der Waals surface area (Å²) in [4.78, 5) is 16.4. The minimum absolute atomic E-state index is 0.106. The molecule has 1 heterocycles. The number of thiophene rings is 1. The molecule has 1 aromatic rings. The molecule has 19 heavy (non-hydrogen) atoms. The molecular formula is C13H21IN2O2S. The molecule has 0 aliphatic heterocycles. The predicted octanol–water partition coefficient (Wildman–Crippen LogP) is 2.39. The predicted molar refractivity (Wildman–Crippen MR) is 88.0 cm³/mol. The van der Waals surface area contributed by atoms with Crippen molar-refractivity contribution in [2.45, 2.75) is 6.42 Å². The first kappa shape index (κ1) is 16.9. The fourth-order valence-corrected chi connectivity index (χ4v) is 3.02. The van der Waals surface area contributed by atoms with Crippen LogP contribution in [0.1, 0.15) is 16.8 Å². The summed E-state index contributed by atoms with van der Waals surface area (Å²) in [5.74, 6) is 0.106. The van der Waals surface area contributed by atoms with E-state index in [9.17, 15) is 4.79 Å². The topological polar surface area (TPSA) is 32.8 Å². The molecule has 0 saturated heterocycles. The van der Waals surface area contributed by atoms with Gasteiger partial charge in [-0.05, 0) is 55.7 Å². The number of rotatable bonds is 8. The second-order valence-electron chi connectivity index (χ2n) is 4.58. The van der Waals surface area contributed by atoms with Gasteiger partial charge in [0.1, 0.15) is 0 Å². The number of methoxy groups -OCH3 is 1. The molecule has 0 aliphatic rings. The lowest BCUT2D eigenvalue weighted by Crippen LogP contribution is -2.35. The van der Waals surface area contributed by atoms with Gasteiger partial charge in [0.15, 0.2) is 0 Å². The van der Waals surface area contributed by atoms with E-state index in [2.05, 4.69) is 27.5 Å². The van der Waals surface area contributed by atoms with Gasteiger partial charge in [0.25, 0.3) is 5.91 Å². The van der Waals surface area contributed by atoms with E-state index in [0.29, 0.717) is 13.2 Å². The second kappa shape index (κ2) is 8.89. The molecule has 6 heteroatoms. The van der Waals surface area contributed by atoms with Gasteiger partial charge in [-0.1, -0.05) is 0 Å². The first-order valence-electron chi connectivity index (χ1n) is 6.21. The minimum atomic E-state index is 0.106. The summed E-state index contributed by atoms with van der Waals surface area (Å²) < 4.78 is 6.23. The Morgan fingerprint density at radius 3 is 2.63 bits per heavy atom. The van der Waals surface area contributed by atoms with Crippen LogP contribution in [0.3, 0.4) is 0 Å². The maximum Gasteiger partial charge on any atom is 0.254 e. The van der Waals surface area contributed by atoms with Crippen molar-refractivity contribution >= 4 is 39.8 Å². The zero-order valence-electron chi connectivity index (χ0n) is 11.7. The van der Waals surface area contributed by atoms with Crippen molar-refractivity contribution in [3.8, 4) is 0 Å². The summed E-state index contributed by atoms with van der Waals surface area (Å²) in [6.45, 7) is 2.98. The van der Waals surface area contributed by atoms with Crippen molar-refractivity contribution in [3.05, 3.63) is 19.9 Å². The first-order chi connectivity index (χ1) is 9.04. The summed E-state index contributed by atoms with van der Waals surface area (Å²) >= 11 is 3.84. The molecule has 1 aromatic heterocycles. The van der Waals surface area contributed by atoms with Crippen LogP contribution < -0.4 is 0 Å². The van der Waals surface area contributed by atoms with Crippen LogP contribution in [-0.2, 0) is 4.74 Å². The number of carbonyl (C=O) groups excluding carboxylic acids is 1. The van der Waals surface area contributed by atoms with Gasteiger partial charge in [0, 0.05) is 25.6 Å². The first-order valence-corrected chi connectivity index (χ1v) is 8.17. The van der Waals surface area contributed by atoms with Gasteiger partial charge in [-0.25, -0.2) is 0 Å². The van der Waals surface area contributed by atoms with Crippen molar-refractivity contribution in [1.82, 2.24) is 9.80 Å². The third-order valence-electron chi connectivity index (χ3n) is 2.70. The fourth-order valence-electron chi connectivity index (χ4n) is 1.70. The highest BCUT2D eigenvalue weighted by atomic mass is 127. The Morgan fingerprint density at radius 2 is 2.11 bits per heavy atom. The zero-order chi connectivity index (χ0) is 14.3. The maximum absolute atomic E-state index is 12.4. The third kappa shape index (κ3) is 6.20. The number of halogens is 1. The Labute approximate surface area is 132 Å². The Hall–Kier alpha value is -0.180. The Kier molecular flexibility index (Phi) is 7.89. The van der Waals surface area contributed by atoms with Gasteiger partial charge < -0.3 is 14.5 Å². The van der Waals surface area contributed by atoms with Gasteiger partial charge in [-0.2, -0.15) is 0 Å². The van der Waals surface area contributed by atoms with E-state index < -0.39 is 0 Å². The number of hydrogen-bond acceptors (Lipinski definition) is 4. The smallest absolute Gasteiger partial charge is 0.254 e. The van der Waals surface area contributed by atoms with E-state index in [1.54, 1.807) is 18.4 Å². The molecule has 0 radical (unpaired) electrons. The number of nitrogens with zero attached hydrogens (tertiary/aromatic N) is 2. The van der Waals surface area contributed by atoms with Crippen LogP contribution in [0.2, 0.25) is 0 Å². The van der Waals surface area contributed by atoms with Crippen molar-refractivity contribution < 1.29 is 9.53 Å². The highest BCUT2D eigenvalue weighted by Gasteiger charge is 2.16. The van der Waals surface area contributed by atoms with Gasteiger partial charge in [0.2, 0.25) is 0 Å². The molecule has 0 fully saturated rings. The lowest BCUT2D eigenvalue weighted by molar-refractivity contribution is 0.0690. The molecule has 0 N–H and O–H groups in total. The van der Waals surface area contributed by atoms with E-state index in [0.717, 1.165) is 28.0 Å². The average molecular weight is 396 g/mol. The fraction of sp³-hybridized carbons (Fsp3) is 0.615. The molecule has 0 unspecified atom stereocenters. The van der Waals surface area contributed by atoms with Gasteiger partial charge >= 0.3 is 0 Å². The molecule has 4 nitrogen and oxygen atoms in total. The van der Waals surface area contributed by atoms with Crippen LogP contribution in [0.15, 0.2) is 11.4 Å². The highest BCUT2D eigenvalue weighted by Crippen LogP contribution is 2.18. The Bertz CT molecular complexity index is 396. The molecular weight excluding hydrogens is 375 g/mol. The van der Waals surface area contributed by atoms with E-state index in [1.165, 1.54) is 0 Å². The molecule has 1 amide bonds. The minimum Gasteiger partial charge on any atom is -0.383 e. The molecule has 0 bridgehead atoms. The summed E-state index contributed by atoms with van der Waals surface area (Å²) in [5.41, 5.74) is 0.787. The normalized spacial score (nSPS) is 11.0. The van der Waals surface area contributed by atoms with E-state index in [4.69, 9.17) is 4.74 Å². The Morgan fingerprint density at radius 1 is 1.37 bits per heavy atom. The lowest BCUT2D eigenvalue weighted by Gasteiger charge is -2.22. The lowest BCUT2D eigenvalue weighted by atomic mass is 10.2. The second-order valence-corrected chi connectivity index (χ2v) is 7.39. The molecule has 0 saturated carbocycles. The number of amides is 1. The Balaban J connectivity index is 2.59. The maximum atomic E-state index is 12.4. The number of carbonyl (C=O) groups is 1. The van der Waals surface area contributed by atoms with Crippen molar-refractivity contribution in [2.24, 2.45) is 0 Å². The van der Waals surface area contributed by atoms with Crippen molar-refractivity contribution in [3.63, 3.8) is 0 Å². The van der Waals surface area contributed by atoms with Crippen LogP contribution in [0.25, 0.3) is 0 Å². The highest BCUT2D eigenvalue weighted by molar-refractivity contribution is 14.1. The van der Waals surface area contributed by atoms with Crippen LogP contribution in [0.5, 0.6) is 0 Å². The molecule has 0 spiro atoms. The number of hydrogen-bond donors (Lipinski definition) is 0. The van der Waals surface area contributed by atoms with Crippen LogP contribution >= 0.6 is 33.9 Å². The van der Waals surface area contributed by atoms with Crippen molar-refractivity contribution in [1.29, 1.82) is 0 Å². The van der Waals surface area contributed by atoms with E-state index in [-0.39, 0.29) is 5.91 Å². The zero-order valence-corrected chi connectivity index (χ0v) is 14.7. The monoisotopic (exact) mass is 396 g/mol. The molecule has 1 rings (SSSR count). The molecule has 0 aromatic carbocycles. The third-order valence-corrected chi connectivity index (χ3v) is 4.49. The van der Waals surface area contributed by atoms with Crippen LogP contribution in [0, 0.1) is 2.88 Å². The molecule has 0 aliphatic carbocycles. The van der Waals surface area contributed by atoms with Crippen LogP contribution in [-0.4, -0.2) is 63.2 Å². The summed E-state index contributed by atoms with van der Waals surface area (Å²) in [7, 11) is 5.75. The largest absolute Gasteiger partial charge is 0.383 e. The quantitative estimate of drug-likeness (QED) is 0.633. The van der Waals surface area contributed by atoms with Gasteiger partial charge in [-0.3, -0.25) is 4.79 Å². The average Bonchev–Trinajstić information content (AvgIpc) is 2.79.